The first-order valence-corrected chi connectivity index (χ1v) is 33.5. The van der Waals surface area contributed by atoms with Crippen LogP contribution in [-0.4, -0.2) is 37.2 Å². The highest BCUT2D eigenvalue weighted by Crippen LogP contribution is 2.15. The second-order valence-electron chi connectivity index (χ2n) is 21.6. The van der Waals surface area contributed by atoms with Gasteiger partial charge in [0.15, 0.2) is 6.10 Å². The first-order valence-electron chi connectivity index (χ1n) is 33.5. The Morgan fingerprint density at radius 1 is 0.256 bits per heavy atom. The second kappa shape index (κ2) is 68.5. The van der Waals surface area contributed by atoms with Crippen LogP contribution in [0.1, 0.15) is 284 Å². The minimum atomic E-state index is -0.794. The monoisotopic (exact) mass is 1130 g/mol. The third-order valence-electron chi connectivity index (χ3n) is 13.8. The van der Waals surface area contributed by atoms with Gasteiger partial charge in [0.1, 0.15) is 13.2 Å². The molecule has 0 fully saturated rings. The molecule has 0 saturated heterocycles. The summed E-state index contributed by atoms with van der Waals surface area (Å²) in [6, 6.07) is 0. The lowest BCUT2D eigenvalue weighted by Gasteiger charge is -2.18. The summed E-state index contributed by atoms with van der Waals surface area (Å²) < 4.78 is 16.8. The van der Waals surface area contributed by atoms with Gasteiger partial charge in [0.25, 0.3) is 0 Å². The molecule has 0 aromatic rings. The minimum Gasteiger partial charge on any atom is -0.462 e. The molecular weight excluding hydrogens is 1010 g/mol. The average Bonchev–Trinajstić information content (AvgIpc) is 3.47. The summed E-state index contributed by atoms with van der Waals surface area (Å²) in [5, 5.41) is 0. The van der Waals surface area contributed by atoms with E-state index in [4.69, 9.17) is 14.2 Å². The molecule has 1 unspecified atom stereocenters. The van der Waals surface area contributed by atoms with Crippen molar-refractivity contribution >= 4 is 17.9 Å². The van der Waals surface area contributed by atoms with Crippen molar-refractivity contribution in [3.8, 4) is 0 Å². The number of allylic oxidation sites excluding steroid dienone is 26. The van der Waals surface area contributed by atoms with Gasteiger partial charge in [-0.2, -0.15) is 0 Å². The molecule has 0 aromatic heterocycles. The maximum absolute atomic E-state index is 12.9. The molecule has 82 heavy (non-hydrogen) atoms. The normalized spacial score (nSPS) is 13.2. The van der Waals surface area contributed by atoms with Gasteiger partial charge in [-0.05, 0) is 128 Å². The highest BCUT2D eigenvalue weighted by atomic mass is 16.6. The Labute approximate surface area is 505 Å². The average molecular weight is 1130 g/mol. The van der Waals surface area contributed by atoms with Crippen molar-refractivity contribution in [2.24, 2.45) is 0 Å². The highest BCUT2D eigenvalue weighted by molar-refractivity contribution is 5.71. The first-order chi connectivity index (χ1) is 40.5. The molecule has 0 aliphatic carbocycles. The molecule has 0 rings (SSSR count). The number of hydrogen-bond acceptors (Lipinski definition) is 6. The highest BCUT2D eigenvalue weighted by Gasteiger charge is 2.19. The van der Waals surface area contributed by atoms with E-state index in [1.165, 1.54) is 89.9 Å². The zero-order valence-corrected chi connectivity index (χ0v) is 52.9. The number of unbranched alkanes of at least 4 members (excludes halogenated alkanes) is 22. The van der Waals surface area contributed by atoms with Gasteiger partial charge in [-0.3, -0.25) is 14.4 Å². The van der Waals surface area contributed by atoms with Crippen LogP contribution in [0.25, 0.3) is 0 Å². The van der Waals surface area contributed by atoms with E-state index in [9.17, 15) is 14.4 Å². The van der Waals surface area contributed by atoms with Gasteiger partial charge < -0.3 is 14.2 Å². The van der Waals surface area contributed by atoms with Crippen LogP contribution < -0.4 is 0 Å². The number of carbonyl (C=O) groups is 3. The summed E-state index contributed by atoms with van der Waals surface area (Å²) in [6.45, 7) is 6.33. The molecule has 0 saturated carbocycles. The molecule has 0 aromatic carbocycles. The topological polar surface area (TPSA) is 78.9 Å². The number of rotatable bonds is 59. The Morgan fingerprint density at radius 2 is 0.476 bits per heavy atom. The van der Waals surface area contributed by atoms with Crippen molar-refractivity contribution in [2.45, 2.75) is 290 Å². The summed E-state index contributed by atoms with van der Waals surface area (Å²) in [6.07, 6.45) is 100. The van der Waals surface area contributed by atoms with Crippen molar-refractivity contribution in [1.82, 2.24) is 0 Å². The summed E-state index contributed by atoms with van der Waals surface area (Å²) in [7, 11) is 0. The van der Waals surface area contributed by atoms with Crippen molar-refractivity contribution in [3.63, 3.8) is 0 Å². The maximum Gasteiger partial charge on any atom is 0.306 e. The van der Waals surface area contributed by atoms with E-state index in [-0.39, 0.29) is 31.1 Å². The Bertz CT molecular complexity index is 1830. The van der Waals surface area contributed by atoms with E-state index in [0.29, 0.717) is 19.3 Å². The van der Waals surface area contributed by atoms with Crippen LogP contribution in [0.15, 0.2) is 158 Å². The molecule has 0 radical (unpaired) electrons. The summed E-state index contributed by atoms with van der Waals surface area (Å²) in [4.78, 5) is 38.1. The summed E-state index contributed by atoms with van der Waals surface area (Å²) >= 11 is 0. The minimum absolute atomic E-state index is 0.0910. The molecule has 0 N–H and O–H groups in total. The van der Waals surface area contributed by atoms with Crippen LogP contribution in [0, 0.1) is 0 Å². The fraction of sp³-hybridized carbons (Fsp3) is 0.618. The van der Waals surface area contributed by atoms with Crippen LogP contribution >= 0.6 is 0 Å². The van der Waals surface area contributed by atoms with Crippen LogP contribution in [-0.2, 0) is 28.6 Å². The zero-order chi connectivity index (χ0) is 59.2. The Morgan fingerprint density at radius 3 is 0.744 bits per heavy atom. The molecule has 0 amide bonds. The molecule has 0 heterocycles. The Hall–Kier alpha value is -4.97. The van der Waals surface area contributed by atoms with Gasteiger partial charge in [-0.15, -0.1) is 0 Å². The maximum atomic E-state index is 12.9. The van der Waals surface area contributed by atoms with Gasteiger partial charge in [0.05, 0.1) is 0 Å². The molecule has 0 spiro atoms. The molecule has 6 nitrogen and oxygen atoms in total. The van der Waals surface area contributed by atoms with Crippen LogP contribution in [0.5, 0.6) is 0 Å². The first kappa shape index (κ1) is 77.0. The molecule has 462 valence electrons. The van der Waals surface area contributed by atoms with Crippen LogP contribution in [0.3, 0.4) is 0 Å². The van der Waals surface area contributed by atoms with Crippen LogP contribution in [0.4, 0.5) is 0 Å². The molecule has 0 aliphatic heterocycles. The smallest absolute Gasteiger partial charge is 0.306 e. The Kier molecular flexibility index (Phi) is 64.4. The van der Waals surface area contributed by atoms with Gasteiger partial charge >= 0.3 is 17.9 Å². The van der Waals surface area contributed by atoms with Crippen molar-refractivity contribution in [3.05, 3.63) is 158 Å². The van der Waals surface area contributed by atoms with Gasteiger partial charge in [0.2, 0.25) is 0 Å². The SMILES string of the molecule is CC/C=C\C/C=C\C/C=C\C/C=C\C/C=C\C/C=C\C/C=C\C/C=C\CCCCCCC(=O)OCC(COC(=O)CCCCCCCC)OC(=O)CCCCCCCCCCCCCCC/C=C\C/C=C\C/C=C\C/C=C\C/C=C\CC. The standard InChI is InChI=1S/C76H122O6/c1-4-7-10-13-16-18-20-22-24-26-28-30-32-34-36-38-40-42-44-46-48-50-52-54-56-58-60-63-66-69-75(78)81-72-73(71-80-74(77)68-65-62-15-12-9-6-3)82-76(79)70-67-64-61-59-57-55-53-51-49-47-45-43-41-39-37-35-33-31-29-27-25-23-21-19-17-14-11-8-5-2/h7-8,10-11,16-19,22-25,28-31,34-37,40,42,46,48,52,54,73H,4-6,9,12-15,20-21,26-27,32-33,38-39,41,43-45,47,49-51,53,55-72H2,1-3H3/b10-7-,11-8-,18-16-,19-17-,24-22-,25-23-,30-28-,31-29-,36-34-,37-35-,42-40-,48-46-,54-52-. The fourth-order valence-corrected chi connectivity index (χ4v) is 8.84. The van der Waals surface area contributed by atoms with Gasteiger partial charge in [-0.1, -0.05) is 294 Å². The van der Waals surface area contributed by atoms with Crippen LogP contribution in [0.2, 0.25) is 0 Å². The lowest BCUT2D eigenvalue weighted by atomic mass is 10.0. The predicted molar refractivity (Wildman–Crippen MR) is 357 cm³/mol. The molecular formula is C76H122O6. The largest absolute Gasteiger partial charge is 0.462 e. The third-order valence-corrected chi connectivity index (χ3v) is 13.8. The van der Waals surface area contributed by atoms with E-state index in [1.807, 2.05) is 0 Å². The second-order valence-corrected chi connectivity index (χ2v) is 21.6. The molecule has 6 heteroatoms. The van der Waals surface area contributed by atoms with Crippen molar-refractivity contribution in [1.29, 1.82) is 0 Å². The van der Waals surface area contributed by atoms with E-state index in [1.54, 1.807) is 0 Å². The molecule has 1 atom stereocenters. The fourth-order valence-electron chi connectivity index (χ4n) is 8.84. The quantitative estimate of drug-likeness (QED) is 0.0261. The number of ether oxygens (including phenoxy) is 3. The Balaban J connectivity index is 4.16. The van der Waals surface area contributed by atoms with E-state index in [2.05, 4.69) is 179 Å². The summed E-state index contributed by atoms with van der Waals surface area (Å²) in [5.74, 6) is -0.929. The molecule has 0 bridgehead atoms. The zero-order valence-electron chi connectivity index (χ0n) is 52.9. The van der Waals surface area contributed by atoms with E-state index < -0.39 is 6.10 Å². The van der Waals surface area contributed by atoms with E-state index >= 15 is 0 Å². The lowest BCUT2D eigenvalue weighted by molar-refractivity contribution is -0.167. The van der Waals surface area contributed by atoms with Crippen molar-refractivity contribution in [2.75, 3.05) is 13.2 Å². The lowest BCUT2D eigenvalue weighted by Crippen LogP contribution is -2.30. The van der Waals surface area contributed by atoms with Gasteiger partial charge in [-0.25, -0.2) is 0 Å². The molecule has 0 aliphatic rings. The number of hydrogen-bond donors (Lipinski definition) is 0. The predicted octanol–water partition coefficient (Wildman–Crippen LogP) is 23.3. The summed E-state index contributed by atoms with van der Waals surface area (Å²) in [5.41, 5.74) is 0. The van der Waals surface area contributed by atoms with E-state index in [0.717, 1.165) is 154 Å². The number of esters is 3. The number of carbonyl (C=O) groups excluding carboxylic acids is 3. The third kappa shape index (κ3) is 65.8. The van der Waals surface area contributed by atoms with Gasteiger partial charge in [0, 0.05) is 19.3 Å². The van der Waals surface area contributed by atoms with Crippen molar-refractivity contribution < 1.29 is 28.6 Å².